The van der Waals surface area contributed by atoms with Gasteiger partial charge in [0, 0.05) is 6.54 Å². The second-order valence-corrected chi connectivity index (χ2v) is 5.32. The highest BCUT2D eigenvalue weighted by Crippen LogP contribution is 2.18. The van der Waals surface area contributed by atoms with E-state index >= 15 is 0 Å². The third kappa shape index (κ3) is 4.31. The van der Waals surface area contributed by atoms with E-state index in [1.165, 1.54) is 0 Å². The Balaban J connectivity index is 2.66. The Kier molecular flexibility index (Phi) is 5.17. The van der Waals surface area contributed by atoms with Gasteiger partial charge in [-0.1, -0.05) is 31.0 Å². The molecule has 2 N–H and O–H groups in total. The Morgan fingerprint density at radius 3 is 2.72 bits per heavy atom. The molecule has 0 bridgehead atoms. The largest absolute Gasteiger partial charge is 0.388 e. The average molecular weight is 270 g/mol. The Morgan fingerprint density at radius 2 is 2.17 bits per heavy atom. The predicted octanol–water partition coefficient (Wildman–Crippen LogP) is 2.93. The van der Waals surface area contributed by atoms with Crippen molar-refractivity contribution in [2.24, 2.45) is 0 Å². The van der Waals surface area contributed by atoms with Crippen LogP contribution >= 0.6 is 11.6 Å². The van der Waals surface area contributed by atoms with Crippen LogP contribution in [0.1, 0.15) is 42.6 Å². The number of nitrogens with one attached hydrogen (secondary N) is 1. The summed E-state index contributed by atoms with van der Waals surface area (Å²) in [5.74, 6) is -0.253. The van der Waals surface area contributed by atoms with Gasteiger partial charge in [0.1, 0.15) is 0 Å². The molecule has 1 unspecified atom stereocenters. The van der Waals surface area contributed by atoms with Crippen molar-refractivity contribution in [3.8, 4) is 0 Å². The zero-order valence-electron chi connectivity index (χ0n) is 11.1. The molecule has 0 saturated heterocycles. The smallest absolute Gasteiger partial charge is 0.252 e. The van der Waals surface area contributed by atoms with Crippen LogP contribution in [-0.4, -0.2) is 23.2 Å². The topological polar surface area (TPSA) is 49.3 Å². The van der Waals surface area contributed by atoms with Gasteiger partial charge in [0.05, 0.1) is 16.2 Å². The molecule has 4 heteroatoms. The van der Waals surface area contributed by atoms with Gasteiger partial charge in [-0.3, -0.25) is 4.79 Å². The molecule has 0 aliphatic heterocycles. The molecule has 0 fully saturated rings. The summed E-state index contributed by atoms with van der Waals surface area (Å²) < 4.78 is 0. The van der Waals surface area contributed by atoms with Crippen LogP contribution in [0.3, 0.4) is 0 Å². The maximum atomic E-state index is 11.9. The van der Waals surface area contributed by atoms with Gasteiger partial charge in [-0.25, -0.2) is 0 Å². The number of aryl methyl sites for hydroxylation is 1. The Morgan fingerprint density at radius 1 is 1.50 bits per heavy atom. The summed E-state index contributed by atoms with van der Waals surface area (Å²) in [6.45, 7) is 5.85. The van der Waals surface area contributed by atoms with Crippen molar-refractivity contribution < 1.29 is 9.90 Å². The summed E-state index contributed by atoms with van der Waals surface area (Å²) in [6, 6.07) is 5.28. The Hall–Kier alpha value is -1.06. The summed E-state index contributed by atoms with van der Waals surface area (Å²) in [7, 11) is 0. The highest BCUT2D eigenvalue weighted by molar-refractivity contribution is 6.33. The van der Waals surface area contributed by atoms with Gasteiger partial charge in [0.2, 0.25) is 0 Å². The number of amides is 1. The van der Waals surface area contributed by atoms with Gasteiger partial charge < -0.3 is 10.4 Å². The number of hydrogen-bond acceptors (Lipinski definition) is 2. The zero-order valence-corrected chi connectivity index (χ0v) is 11.8. The number of benzene rings is 1. The molecule has 1 aromatic carbocycles. The average Bonchev–Trinajstić information content (AvgIpc) is 2.26. The second kappa shape index (κ2) is 6.21. The standard InChI is InChI=1S/C14H20ClNO2/c1-4-7-14(3,18)9-16-13(17)11-6-5-10(2)8-12(11)15/h5-6,8,18H,4,7,9H2,1-3H3,(H,16,17). The van der Waals surface area contributed by atoms with Crippen LogP contribution in [0.2, 0.25) is 5.02 Å². The fourth-order valence-electron chi connectivity index (χ4n) is 1.80. The van der Waals surface area contributed by atoms with Crippen LogP contribution < -0.4 is 5.32 Å². The lowest BCUT2D eigenvalue weighted by Crippen LogP contribution is -2.40. The minimum absolute atomic E-state index is 0.226. The van der Waals surface area contributed by atoms with E-state index < -0.39 is 5.60 Å². The third-order valence-corrected chi connectivity index (χ3v) is 3.10. The SMILES string of the molecule is CCCC(C)(O)CNC(=O)c1ccc(C)cc1Cl. The van der Waals surface area contributed by atoms with Crippen molar-refractivity contribution in [3.63, 3.8) is 0 Å². The molecular formula is C14H20ClNO2. The lowest BCUT2D eigenvalue weighted by Gasteiger charge is -2.23. The Bertz CT molecular complexity index is 430. The van der Waals surface area contributed by atoms with Crippen molar-refractivity contribution in [2.75, 3.05) is 6.54 Å². The fourth-order valence-corrected chi connectivity index (χ4v) is 2.12. The van der Waals surface area contributed by atoms with Crippen LogP contribution in [0, 0.1) is 6.92 Å². The second-order valence-electron chi connectivity index (χ2n) is 4.91. The molecule has 1 rings (SSSR count). The van der Waals surface area contributed by atoms with E-state index in [9.17, 15) is 9.90 Å². The summed E-state index contributed by atoms with van der Waals surface area (Å²) >= 11 is 6.01. The normalized spacial score (nSPS) is 14.1. The number of carbonyl (C=O) groups excluding carboxylic acids is 1. The van der Waals surface area contributed by atoms with Gasteiger partial charge in [-0.05, 0) is 38.0 Å². The molecule has 1 aromatic rings. The summed E-state index contributed by atoms with van der Waals surface area (Å²) in [5.41, 5.74) is 0.575. The van der Waals surface area contributed by atoms with E-state index in [0.29, 0.717) is 17.0 Å². The first-order valence-corrected chi connectivity index (χ1v) is 6.50. The number of carbonyl (C=O) groups is 1. The van der Waals surface area contributed by atoms with Crippen LogP contribution in [0.25, 0.3) is 0 Å². The highest BCUT2D eigenvalue weighted by Gasteiger charge is 2.20. The molecule has 0 aromatic heterocycles. The fraction of sp³-hybridized carbons (Fsp3) is 0.500. The molecule has 0 aliphatic carbocycles. The van der Waals surface area contributed by atoms with E-state index in [2.05, 4.69) is 5.32 Å². The van der Waals surface area contributed by atoms with Crippen LogP contribution in [-0.2, 0) is 0 Å². The molecule has 0 saturated carbocycles. The predicted molar refractivity (Wildman–Crippen MR) is 74.1 cm³/mol. The summed E-state index contributed by atoms with van der Waals surface area (Å²) in [5, 5.41) is 13.1. The van der Waals surface area contributed by atoms with Gasteiger partial charge in [0.15, 0.2) is 0 Å². The van der Waals surface area contributed by atoms with Gasteiger partial charge in [-0.15, -0.1) is 0 Å². The van der Waals surface area contributed by atoms with Crippen molar-refractivity contribution in [2.45, 2.75) is 39.2 Å². The number of hydrogen-bond donors (Lipinski definition) is 2. The number of rotatable bonds is 5. The molecule has 1 atom stereocenters. The third-order valence-electron chi connectivity index (χ3n) is 2.79. The minimum atomic E-state index is -0.873. The molecule has 1 amide bonds. The van der Waals surface area contributed by atoms with Crippen LogP contribution in [0.4, 0.5) is 0 Å². The molecular weight excluding hydrogens is 250 g/mol. The maximum absolute atomic E-state index is 11.9. The quantitative estimate of drug-likeness (QED) is 0.863. The van der Waals surface area contributed by atoms with Crippen molar-refractivity contribution in [3.05, 3.63) is 34.3 Å². The molecule has 0 radical (unpaired) electrons. The molecule has 3 nitrogen and oxygen atoms in total. The molecule has 0 heterocycles. The number of halogens is 1. The molecule has 0 aliphatic rings. The minimum Gasteiger partial charge on any atom is -0.388 e. The van der Waals surface area contributed by atoms with Gasteiger partial charge in [-0.2, -0.15) is 0 Å². The summed E-state index contributed by atoms with van der Waals surface area (Å²) in [4.78, 5) is 11.9. The van der Waals surface area contributed by atoms with E-state index in [1.54, 1.807) is 19.1 Å². The van der Waals surface area contributed by atoms with Gasteiger partial charge in [0.25, 0.3) is 5.91 Å². The van der Waals surface area contributed by atoms with Crippen LogP contribution in [0.5, 0.6) is 0 Å². The van der Waals surface area contributed by atoms with E-state index in [1.807, 2.05) is 19.9 Å². The zero-order chi connectivity index (χ0) is 13.8. The molecule has 0 spiro atoms. The van der Waals surface area contributed by atoms with Gasteiger partial charge >= 0.3 is 0 Å². The van der Waals surface area contributed by atoms with Crippen molar-refractivity contribution >= 4 is 17.5 Å². The lowest BCUT2D eigenvalue weighted by atomic mass is 10.0. The van der Waals surface area contributed by atoms with Crippen molar-refractivity contribution in [1.29, 1.82) is 0 Å². The van der Waals surface area contributed by atoms with Crippen molar-refractivity contribution in [1.82, 2.24) is 5.32 Å². The molecule has 18 heavy (non-hydrogen) atoms. The Labute approximate surface area is 113 Å². The van der Waals surface area contributed by atoms with E-state index in [-0.39, 0.29) is 12.5 Å². The first-order chi connectivity index (χ1) is 8.35. The lowest BCUT2D eigenvalue weighted by molar-refractivity contribution is 0.0469. The van der Waals surface area contributed by atoms with Crippen LogP contribution in [0.15, 0.2) is 18.2 Å². The monoisotopic (exact) mass is 269 g/mol. The first kappa shape index (κ1) is 15.0. The first-order valence-electron chi connectivity index (χ1n) is 6.12. The van der Waals surface area contributed by atoms with E-state index in [0.717, 1.165) is 12.0 Å². The highest BCUT2D eigenvalue weighted by atomic mass is 35.5. The number of aliphatic hydroxyl groups is 1. The molecule has 100 valence electrons. The van der Waals surface area contributed by atoms with E-state index in [4.69, 9.17) is 11.6 Å². The summed E-state index contributed by atoms with van der Waals surface area (Å²) in [6.07, 6.45) is 1.52. The maximum Gasteiger partial charge on any atom is 0.252 e.